The van der Waals surface area contributed by atoms with Gasteiger partial charge in [0.15, 0.2) is 0 Å². The lowest BCUT2D eigenvalue weighted by Crippen LogP contribution is -1.90. The molecule has 0 saturated carbocycles. The zero-order valence-electron chi connectivity index (χ0n) is 10.1. The van der Waals surface area contributed by atoms with Crippen molar-refractivity contribution in [3.8, 4) is 0 Å². The molecule has 82 valence electrons. The van der Waals surface area contributed by atoms with Crippen molar-refractivity contribution >= 4 is 5.69 Å². The molecule has 0 unspecified atom stereocenters. The first kappa shape index (κ1) is 11.9. The molecule has 0 heterocycles. The van der Waals surface area contributed by atoms with E-state index < -0.39 is 0 Å². The van der Waals surface area contributed by atoms with Crippen molar-refractivity contribution in [1.82, 2.24) is 0 Å². The van der Waals surface area contributed by atoms with Crippen molar-refractivity contribution < 1.29 is 0 Å². The Hall–Kier alpha value is -1.18. The van der Waals surface area contributed by atoms with Gasteiger partial charge in [-0.1, -0.05) is 39.0 Å². The lowest BCUT2D eigenvalue weighted by atomic mass is 10.1. The highest BCUT2D eigenvalue weighted by molar-refractivity contribution is 5.51. The zero-order valence-corrected chi connectivity index (χ0v) is 10.1. The van der Waals surface area contributed by atoms with Gasteiger partial charge >= 0.3 is 0 Å². The van der Waals surface area contributed by atoms with Crippen LogP contribution in [0.3, 0.4) is 0 Å². The van der Waals surface area contributed by atoms with Gasteiger partial charge in [0.2, 0.25) is 0 Å². The molecule has 1 aromatic rings. The quantitative estimate of drug-likeness (QED) is 0.653. The second kappa shape index (κ2) is 5.64. The van der Waals surface area contributed by atoms with E-state index in [1.54, 1.807) is 0 Å². The molecule has 0 aliphatic heterocycles. The van der Waals surface area contributed by atoms with Gasteiger partial charge in [-0.2, -0.15) is 10.2 Å². The number of aryl methyl sites for hydroxylation is 2. The Labute approximate surface area is 92.4 Å². The van der Waals surface area contributed by atoms with Gasteiger partial charge in [-0.05, 0) is 30.4 Å². The average molecular weight is 204 g/mol. The summed E-state index contributed by atoms with van der Waals surface area (Å²) >= 11 is 0. The molecular formula is C13H20N2. The largest absolute Gasteiger partial charge is 0.188 e. The second-order valence-electron chi connectivity index (χ2n) is 4.25. The first-order valence-electron chi connectivity index (χ1n) is 5.61. The molecule has 0 atom stereocenters. The van der Waals surface area contributed by atoms with Crippen molar-refractivity contribution in [3.05, 3.63) is 29.3 Å². The van der Waals surface area contributed by atoms with Crippen LogP contribution in [0.25, 0.3) is 0 Å². The summed E-state index contributed by atoms with van der Waals surface area (Å²) in [6, 6.07) is 6.29. The third kappa shape index (κ3) is 3.46. The van der Waals surface area contributed by atoms with E-state index in [4.69, 9.17) is 0 Å². The minimum atomic E-state index is 0.572. The van der Waals surface area contributed by atoms with E-state index >= 15 is 0 Å². The topological polar surface area (TPSA) is 24.7 Å². The highest BCUT2D eigenvalue weighted by Crippen LogP contribution is 2.24. The van der Waals surface area contributed by atoms with Gasteiger partial charge in [0.05, 0.1) is 12.2 Å². The first-order chi connectivity index (χ1) is 7.15. The molecule has 0 saturated heterocycles. The van der Waals surface area contributed by atoms with Crippen LogP contribution < -0.4 is 0 Å². The molecule has 1 rings (SSSR count). The molecule has 1 aromatic carbocycles. The van der Waals surface area contributed by atoms with Crippen LogP contribution in [-0.2, 0) is 6.42 Å². The van der Waals surface area contributed by atoms with Crippen molar-refractivity contribution in [2.24, 2.45) is 16.1 Å². The van der Waals surface area contributed by atoms with Gasteiger partial charge < -0.3 is 0 Å². The maximum atomic E-state index is 4.34. The van der Waals surface area contributed by atoms with Crippen LogP contribution >= 0.6 is 0 Å². The highest BCUT2D eigenvalue weighted by Gasteiger charge is 2.02. The van der Waals surface area contributed by atoms with Crippen molar-refractivity contribution in [2.75, 3.05) is 6.54 Å². The van der Waals surface area contributed by atoms with Crippen LogP contribution in [0.4, 0.5) is 5.69 Å². The predicted molar refractivity (Wildman–Crippen MR) is 64.8 cm³/mol. The van der Waals surface area contributed by atoms with E-state index in [1.165, 1.54) is 11.1 Å². The summed E-state index contributed by atoms with van der Waals surface area (Å²) in [6.45, 7) is 9.34. The Kier molecular flexibility index (Phi) is 4.47. The van der Waals surface area contributed by atoms with Gasteiger partial charge in [0.1, 0.15) is 0 Å². The Balaban J connectivity index is 2.87. The molecule has 2 heteroatoms. The van der Waals surface area contributed by atoms with E-state index in [9.17, 15) is 0 Å². The molecule has 0 amide bonds. The Morgan fingerprint density at radius 1 is 1.27 bits per heavy atom. The van der Waals surface area contributed by atoms with Crippen LogP contribution in [-0.4, -0.2) is 6.54 Å². The van der Waals surface area contributed by atoms with Gasteiger partial charge in [0.25, 0.3) is 0 Å². The van der Waals surface area contributed by atoms with Gasteiger partial charge in [0, 0.05) is 0 Å². The molecule has 0 aliphatic carbocycles. The second-order valence-corrected chi connectivity index (χ2v) is 4.25. The third-order valence-electron chi connectivity index (χ3n) is 2.32. The Morgan fingerprint density at radius 2 is 2.00 bits per heavy atom. The summed E-state index contributed by atoms with van der Waals surface area (Å²) in [7, 11) is 0. The molecule has 0 N–H and O–H groups in total. The zero-order chi connectivity index (χ0) is 11.3. The van der Waals surface area contributed by atoms with E-state index in [2.05, 4.69) is 56.1 Å². The number of benzene rings is 1. The van der Waals surface area contributed by atoms with Crippen molar-refractivity contribution in [2.45, 2.75) is 34.1 Å². The van der Waals surface area contributed by atoms with Gasteiger partial charge in [-0.15, -0.1) is 0 Å². The number of hydrogen-bond acceptors (Lipinski definition) is 2. The van der Waals surface area contributed by atoms with Crippen LogP contribution in [0.1, 0.15) is 31.9 Å². The number of azo groups is 1. The molecule has 0 aliphatic rings. The van der Waals surface area contributed by atoms with Crippen LogP contribution in [0, 0.1) is 12.8 Å². The van der Waals surface area contributed by atoms with E-state index in [0.717, 1.165) is 18.7 Å². The smallest absolute Gasteiger partial charge is 0.0913 e. The Bertz CT molecular complexity index is 340. The maximum Gasteiger partial charge on any atom is 0.0913 e. The lowest BCUT2D eigenvalue weighted by Gasteiger charge is -2.05. The fourth-order valence-electron chi connectivity index (χ4n) is 1.42. The minimum absolute atomic E-state index is 0.572. The number of rotatable bonds is 4. The monoisotopic (exact) mass is 204 g/mol. The van der Waals surface area contributed by atoms with Crippen LogP contribution in [0.15, 0.2) is 28.4 Å². The molecule has 0 spiro atoms. The third-order valence-corrected chi connectivity index (χ3v) is 2.32. The van der Waals surface area contributed by atoms with E-state index in [0.29, 0.717) is 5.92 Å². The molecule has 0 aromatic heterocycles. The Morgan fingerprint density at radius 3 is 2.60 bits per heavy atom. The summed E-state index contributed by atoms with van der Waals surface area (Å²) in [5.74, 6) is 0.572. The molecule has 0 radical (unpaired) electrons. The van der Waals surface area contributed by atoms with Crippen LogP contribution in [0.5, 0.6) is 0 Å². The lowest BCUT2D eigenvalue weighted by molar-refractivity contribution is 0.647. The normalized spacial score (nSPS) is 11.5. The van der Waals surface area contributed by atoms with E-state index in [-0.39, 0.29) is 0 Å². The molecule has 0 fully saturated rings. The summed E-state index contributed by atoms with van der Waals surface area (Å²) < 4.78 is 0. The maximum absolute atomic E-state index is 4.34. The number of nitrogens with zero attached hydrogens (tertiary/aromatic N) is 2. The van der Waals surface area contributed by atoms with Crippen molar-refractivity contribution in [1.29, 1.82) is 0 Å². The standard InChI is InChI=1S/C13H20N2/c1-5-12-8-6-7-11(4)13(12)15-14-9-10(2)3/h6-8,10H,5,9H2,1-4H3. The summed E-state index contributed by atoms with van der Waals surface area (Å²) in [4.78, 5) is 0. The molecular weight excluding hydrogens is 184 g/mol. The van der Waals surface area contributed by atoms with Crippen molar-refractivity contribution in [3.63, 3.8) is 0 Å². The SMILES string of the molecule is CCc1cccc(C)c1N=NCC(C)C. The van der Waals surface area contributed by atoms with Crippen LogP contribution in [0.2, 0.25) is 0 Å². The summed E-state index contributed by atoms with van der Waals surface area (Å²) in [6.07, 6.45) is 1.01. The average Bonchev–Trinajstić information content (AvgIpc) is 2.20. The van der Waals surface area contributed by atoms with E-state index in [1.807, 2.05) is 0 Å². The fourth-order valence-corrected chi connectivity index (χ4v) is 1.42. The van der Waals surface area contributed by atoms with Gasteiger partial charge in [-0.25, -0.2) is 0 Å². The molecule has 15 heavy (non-hydrogen) atoms. The predicted octanol–water partition coefficient (Wildman–Crippen LogP) is 4.30. The highest BCUT2D eigenvalue weighted by atomic mass is 15.1. The van der Waals surface area contributed by atoms with Gasteiger partial charge in [-0.3, -0.25) is 0 Å². The molecule has 2 nitrogen and oxygen atoms in total. The fraction of sp³-hybridized carbons (Fsp3) is 0.538. The first-order valence-corrected chi connectivity index (χ1v) is 5.61. The minimum Gasteiger partial charge on any atom is -0.188 e. The number of hydrogen-bond donors (Lipinski definition) is 0. The summed E-state index contributed by atoms with van der Waals surface area (Å²) in [5, 5.41) is 8.58. The molecule has 0 bridgehead atoms. The summed E-state index contributed by atoms with van der Waals surface area (Å²) in [5.41, 5.74) is 3.55.